The lowest BCUT2D eigenvalue weighted by atomic mass is 10.1. The summed E-state index contributed by atoms with van der Waals surface area (Å²) >= 11 is 0. The summed E-state index contributed by atoms with van der Waals surface area (Å²) in [4.78, 5) is 10.7. The van der Waals surface area contributed by atoms with Gasteiger partial charge in [-0.1, -0.05) is 12.1 Å². The highest BCUT2D eigenvalue weighted by atomic mass is 19.4. The number of alkyl halides is 3. The summed E-state index contributed by atoms with van der Waals surface area (Å²) in [5.41, 5.74) is 6.03. The van der Waals surface area contributed by atoms with E-state index in [4.69, 9.17) is 5.73 Å². The molecule has 6 heteroatoms. The fourth-order valence-corrected chi connectivity index (χ4v) is 1.30. The van der Waals surface area contributed by atoms with Crippen molar-refractivity contribution >= 4 is 11.6 Å². The highest BCUT2D eigenvalue weighted by Gasteiger charge is 2.36. The van der Waals surface area contributed by atoms with Crippen LogP contribution in [0.3, 0.4) is 0 Å². The third-order valence-corrected chi connectivity index (χ3v) is 2.15. The minimum Gasteiger partial charge on any atom is -0.326 e. The summed E-state index contributed by atoms with van der Waals surface area (Å²) in [5, 5.41) is 2.52. The van der Waals surface area contributed by atoms with Gasteiger partial charge in [0.2, 0.25) is 5.91 Å². The third-order valence-electron chi connectivity index (χ3n) is 2.15. The Hall–Kier alpha value is -1.56. The normalized spacial score (nSPS) is 13.2. The molecule has 1 amide bonds. The van der Waals surface area contributed by atoms with Crippen LogP contribution < -0.4 is 11.1 Å². The molecule has 0 aliphatic rings. The maximum Gasteiger partial charge on any atom is 0.403 e. The Morgan fingerprint density at radius 3 is 2.29 bits per heavy atom. The standard InChI is InChI=1S/C11H13F3N2O/c1-7(17)16-9-4-2-8(3-5-9)6-10(15)11(12,13)14/h2-5,10H,6,15H2,1H3,(H,16,17). The molecule has 0 aliphatic carbocycles. The molecule has 0 fully saturated rings. The zero-order valence-electron chi connectivity index (χ0n) is 9.21. The third kappa shape index (κ3) is 4.44. The Morgan fingerprint density at radius 2 is 1.88 bits per heavy atom. The van der Waals surface area contributed by atoms with Gasteiger partial charge in [0.15, 0.2) is 0 Å². The van der Waals surface area contributed by atoms with Gasteiger partial charge in [0.05, 0.1) is 0 Å². The van der Waals surface area contributed by atoms with Crippen LogP contribution in [0.1, 0.15) is 12.5 Å². The first kappa shape index (κ1) is 13.5. The van der Waals surface area contributed by atoms with Gasteiger partial charge >= 0.3 is 6.18 Å². The largest absolute Gasteiger partial charge is 0.403 e. The molecule has 1 atom stereocenters. The molecule has 0 saturated carbocycles. The van der Waals surface area contributed by atoms with E-state index in [-0.39, 0.29) is 12.3 Å². The molecule has 17 heavy (non-hydrogen) atoms. The van der Waals surface area contributed by atoms with Crippen molar-refractivity contribution in [3.8, 4) is 0 Å². The van der Waals surface area contributed by atoms with E-state index in [9.17, 15) is 18.0 Å². The van der Waals surface area contributed by atoms with Crippen LogP contribution in [-0.4, -0.2) is 18.1 Å². The van der Waals surface area contributed by atoms with Crippen LogP contribution in [0.2, 0.25) is 0 Å². The van der Waals surface area contributed by atoms with Crippen molar-refractivity contribution in [3.63, 3.8) is 0 Å². The van der Waals surface area contributed by atoms with Gasteiger partial charge in [-0.15, -0.1) is 0 Å². The number of halogens is 3. The first-order chi connectivity index (χ1) is 7.79. The van der Waals surface area contributed by atoms with Crippen LogP contribution in [0, 0.1) is 0 Å². The molecule has 3 N–H and O–H groups in total. The number of benzene rings is 1. The monoisotopic (exact) mass is 246 g/mol. The van der Waals surface area contributed by atoms with Crippen LogP contribution in [0.4, 0.5) is 18.9 Å². The molecule has 0 aromatic heterocycles. The molecular formula is C11H13F3N2O. The van der Waals surface area contributed by atoms with Gasteiger partial charge in [0.1, 0.15) is 6.04 Å². The number of carbonyl (C=O) groups is 1. The highest BCUT2D eigenvalue weighted by molar-refractivity contribution is 5.88. The quantitative estimate of drug-likeness (QED) is 0.857. The van der Waals surface area contributed by atoms with Gasteiger partial charge in [-0.2, -0.15) is 13.2 Å². The lowest BCUT2D eigenvalue weighted by Gasteiger charge is -2.15. The Bertz CT molecular complexity index is 387. The second-order valence-electron chi connectivity index (χ2n) is 3.73. The summed E-state index contributed by atoms with van der Waals surface area (Å²) in [7, 11) is 0. The topological polar surface area (TPSA) is 55.1 Å². The molecule has 0 radical (unpaired) electrons. The van der Waals surface area contributed by atoms with E-state index in [0.29, 0.717) is 11.3 Å². The molecule has 1 rings (SSSR count). The molecule has 0 heterocycles. The first-order valence-corrected chi connectivity index (χ1v) is 4.98. The predicted molar refractivity (Wildman–Crippen MR) is 58.5 cm³/mol. The lowest BCUT2D eigenvalue weighted by molar-refractivity contribution is -0.147. The van der Waals surface area contributed by atoms with E-state index < -0.39 is 12.2 Å². The highest BCUT2D eigenvalue weighted by Crippen LogP contribution is 2.22. The summed E-state index contributed by atoms with van der Waals surface area (Å²) < 4.78 is 36.6. The zero-order chi connectivity index (χ0) is 13.1. The second-order valence-corrected chi connectivity index (χ2v) is 3.73. The van der Waals surface area contributed by atoms with Gasteiger partial charge in [0, 0.05) is 12.6 Å². The summed E-state index contributed by atoms with van der Waals surface area (Å²) in [6.45, 7) is 1.35. The van der Waals surface area contributed by atoms with Gasteiger partial charge in [-0.05, 0) is 24.1 Å². The van der Waals surface area contributed by atoms with Crippen molar-refractivity contribution in [3.05, 3.63) is 29.8 Å². The minimum absolute atomic E-state index is 0.232. The van der Waals surface area contributed by atoms with Gasteiger partial charge in [-0.3, -0.25) is 4.79 Å². The Labute approximate surface area is 96.8 Å². The van der Waals surface area contributed by atoms with Crippen LogP contribution >= 0.6 is 0 Å². The number of hydrogen-bond acceptors (Lipinski definition) is 2. The Morgan fingerprint density at radius 1 is 1.35 bits per heavy atom. The number of rotatable bonds is 3. The maximum atomic E-state index is 12.2. The second kappa shape index (κ2) is 5.18. The number of anilines is 1. The summed E-state index contributed by atoms with van der Waals surface area (Å²) in [6, 6.07) is 4.24. The summed E-state index contributed by atoms with van der Waals surface area (Å²) in [6.07, 6.45) is -4.67. The zero-order valence-corrected chi connectivity index (χ0v) is 9.21. The Kier molecular flexibility index (Phi) is 4.11. The molecule has 1 unspecified atom stereocenters. The van der Waals surface area contributed by atoms with E-state index >= 15 is 0 Å². The molecule has 94 valence electrons. The molecule has 3 nitrogen and oxygen atoms in total. The van der Waals surface area contributed by atoms with Crippen LogP contribution in [0.25, 0.3) is 0 Å². The molecule has 0 saturated heterocycles. The van der Waals surface area contributed by atoms with Crippen molar-refractivity contribution in [2.24, 2.45) is 5.73 Å². The Balaban J connectivity index is 2.65. The number of hydrogen-bond donors (Lipinski definition) is 2. The fourth-order valence-electron chi connectivity index (χ4n) is 1.30. The summed E-state index contributed by atoms with van der Waals surface area (Å²) in [5.74, 6) is -0.232. The number of amides is 1. The SMILES string of the molecule is CC(=O)Nc1ccc(CC(N)C(F)(F)F)cc1. The van der Waals surface area contributed by atoms with E-state index in [0.717, 1.165) is 0 Å². The van der Waals surface area contributed by atoms with E-state index in [2.05, 4.69) is 5.32 Å². The van der Waals surface area contributed by atoms with Crippen LogP contribution in [-0.2, 0) is 11.2 Å². The van der Waals surface area contributed by atoms with Gasteiger partial charge in [-0.25, -0.2) is 0 Å². The maximum absolute atomic E-state index is 12.2. The van der Waals surface area contributed by atoms with Crippen LogP contribution in [0.5, 0.6) is 0 Å². The first-order valence-electron chi connectivity index (χ1n) is 4.98. The minimum atomic E-state index is -4.39. The number of nitrogens with two attached hydrogens (primary N) is 1. The molecular weight excluding hydrogens is 233 g/mol. The predicted octanol–water partition coefficient (Wildman–Crippen LogP) is 2.08. The molecule has 1 aromatic carbocycles. The number of carbonyl (C=O) groups excluding carboxylic acids is 1. The fraction of sp³-hybridized carbons (Fsp3) is 0.364. The van der Waals surface area contributed by atoms with E-state index in [1.54, 1.807) is 12.1 Å². The average Bonchev–Trinajstić information content (AvgIpc) is 2.18. The molecule has 0 aliphatic heterocycles. The van der Waals surface area contributed by atoms with Crippen molar-refractivity contribution in [2.45, 2.75) is 25.6 Å². The average molecular weight is 246 g/mol. The molecule has 1 aromatic rings. The number of nitrogens with one attached hydrogen (secondary N) is 1. The van der Waals surface area contributed by atoms with Crippen molar-refractivity contribution in [1.29, 1.82) is 0 Å². The van der Waals surface area contributed by atoms with E-state index in [1.165, 1.54) is 19.1 Å². The molecule has 0 spiro atoms. The van der Waals surface area contributed by atoms with Crippen molar-refractivity contribution in [1.82, 2.24) is 0 Å². The smallest absolute Gasteiger partial charge is 0.326 e. The van der Waals surface area contributed by atoms with Crippen LogP contribution in [0.15, 0.2) is 24.3 Å². The van der Waals surface area contributed by atoms with Crippen molar-refractivity contribution < 1.29 is 18.0 Å². The lowest BCUT2D eigenvalue weighted by Crippen LogP contribution is -2.39. The van der Waals surface area contributed by atoms with Gasteiger partial charge < -0.3 is 11.1 Å². The molecule has 0 bridgehead atoms. The van der Waals surface area contributed by atoms with Crippen molar-refractivity contribution in [2.75, 3.05) is 5.32 Å². The van der Waals surface area contributed by atoms with E-state index in [1.807, 2.05) is 0 Å². The van der Waals surface area contributed by atoms with Gasteiger partial charge in [0.25, 0.3) is 0 Å².